The molecule has 1 N–H and O–H groups in total. The SMILES string of the molecule is OC(COc1ccccc1)c1cccc2ccccc12. The molecule has 100 valence electrons. The lowest BCUT2D eigenvalue weighted by atomic mass is 10.0. The van der Waals surface area contributed by atoms with Crippen LogP contribution >= 0.6 is 0 Å². The van der Waals surface area contributed by atoms with E-state index >= 15 is 0 Å². The van der Waals surface area contributed by atoms with Gasteiger partial charge in [-0.25, -0.2) is 0 Å². The van der Waals surface area contributed by atoms with Crippen molar-refractivity contribution >= 4 is 10.8 Å². The number of hydrogen-bond donors (Lipinski definition) is 1. The number of para-hydroxylation sites is 1. The molecule has 0 radical (unpaired) electrons. The van der Waals surface area contributed by atoms with Gasteiger partial charge in [0.1, 0.15) is 18.5 Å². The first-order valence-electron chi connectivity index (χ1n) is 6.68. The lowest BCUT2D eigenvalue weighted by Gasteiger charge is -2.15. The van der Waals surface area contributed by atoms with Gasteiger partial charge in [0.2, 0.25) is 0 Å². The van der Waals surface area contributed by atoms with Gasteiger partial charge in [-0.2, -0.15) is 0 Å². The second-order valence-corrected chi connectivity index (χ2v) is 4.71. The normalized spacial score (nSPS) is 12.2. The maximum atomic E-state index is 10.4. The summed E-state index contributed by atoms with van der Waals surface area (Å²) in [7, 11) is 0. The topological polar surface area (TPSA) is 29.5 Å². The van der Waals surface area contributed by atoms with Crippen molar-refractivity contribution in [3.05, 3.63) is 78.4 Å². The number of ether oxygens (including phenoxy) is 1. The first-order valence-corrected chi connectivity index (χ1v) is 6.68. The zero-order chi connectivity index (χ0) is 13.8. The van der Waals surface area contributed by atoms with E-state index in [2.05, 4.69) is 0 Å². The van der Waals surface area contributed by atoms with E-state index in [1.54, 1.807) is 0 Å². The molecule has 1 unspecified atom stereocenters. The van der Waals surface area contributed by atoms with E-state index < -0.39 is 6.10 Å². The van der Waals surface area contributed by atoms with Crippen LogP contribution in [-0.4, -0.2) is 11.7 Å². The molecule has 3 aromatic carbocycles. The number of aliphatic hydroxyl groups is 1. The van der Waals surface area contributed by atoms with Gasteiger partial charge in [-0.05, 0) is 28.5 Å². The molecule has 2 nitrogen and oxygen atoms in total. The van der Waals surface area contributed by atoms with Crippen LogP contribution in [0.4, 0.5) is 0 Å². The maximum Gasteiger partial charge on any atom is 0.119 e. The predicted molar refractivity (Wildman–Crippen MR) is 80.8 cm³/mol. The highest BCUT2D eigenvalue weighted by Crippen LogP contribution is 2.24. The van der Waals surface area contributed by atoms with Gasteiger partial charge in [-0.1, -0.05) is 60.7 Å². The molecular weight excluding hydrogens is 248 g/mol. The third-order valence-electron chi connectivity index (χ3n) is 3.33. The van der Waals surface area contributed by atoms with Gasteiger partial charge >= 0.3 is 0 Å². The number of fused-ring (bicyclic) bond motifs is 1. The minimum Gasteiger partial charge on any atom is -0.491 e. The minimum atomic E-state index is -0.638. The van der Waals surface area contributed by atoms with Crippen molar-refractivity contribution in [2.45, 2.75) is 6.10 Å². The quantitative estimate of drug-likeness (QED) is 0.773. The highest BCUT2D eigenvalue weighted by molar-refractivity contribution is 5.85. The zero-order valence-electron chi connectivity index (χ0n) is 11.1. The second-order valence-electron chi connectivity index (χ2n) is 4.71. The van der Waals surface area contributed by atoms with Crippen LogP contribution in [0.1, 0.15) is 11.7 Å². The van der Waals surface area contributed by atoms with Crippen LogP contribution < -0.4 is 4.74 Å². The number of aliphatic hydroxyl groups excluding tert-OH is 1. The van der Waals surface area contributed by atoms with Crippen molar-refractivity contribution in [1.82, 2.24) is 0 Å². The molecule has 0 amide bonds. The fourth-order valence-electron chi connectivity index (χ4n) is 2.32. The number of benzene rings is 3. The average molecular weight is 264 g/mol. The zero-order valence-corrected chi connectivity index (χ0v) is 11.1. The number of rotatable bonds is 4. The van der Waals surface area contributed by atoms with E-state index in [9.17, 15) is 5.11 Å². The van der Waals surface area contributed by atoms with Crippen LogP contribution in [-0.2, 0) is 0 Å². The molecule has 0 aliphatic heterocycles. The summed E-state index contributed by atoms with van der Waals surface area (Å²) in [6.45, 7) is 0.248. The Bertz CT molecular complexity index is 687. The molecule has 1 atom stereocenters. The summed E-state index contributed by atoms with van der Waals surface area (Å²) in [6, 6.07) is 23.5. The molecule has 0 fully saturated rings. The Balaban J connectivity index is 1.80. The van der Waals surface area contributed by atoms with Crippen LogP contribution in [0.5, 0.6) is 5.75 Å². The Morgan fingerprint density at radius 2 is 1.50 bits per heavy atom. The third kappa shape index (κ3) is 2.65. The summed E-state index contributed by atoms with van der Waals surface area (Å²) in [5.41, 5.74) is 0.902. The van der Waals surface area contributed by atoms with E-state index in [1.165, 1.54) is 0 Å². The van der Waals surface area contributed by atoms with Crippen molar-refractivity contribution in [3.8, 4) is 5.75 Å². The van der Waals surface area contributed by atoms with Crippen LogP contribution in [0.25, 0.3) is 10.8 Å². The van der Waals surface area contributed by atoms with E-state index in [1.807, 2.05) is 72.8 Å². The van der Waals surface area contributed by atoms with Crippen LogP contribution in [0.3, 0.4) is 0 Å². The van der Waals surface area contributed by atoms with Crippen LogP contribution in [0.2, 0.25) is 0 Å². The minimum absolute atomic E-state index is 0.248. The largest absolute Gasteiger partial charge is 0.491 e. The first kappa shape index (κ1) is 12.7. The summed E-state index contributed by atoms with van der Waals surface area (Å²) in [5, 5.41) is 12.6. The summed E-state index contributed by atoms with van der Waals surface area (Å²) < 4.78 is 5.62. The monoisotopic (exact) mass is 264 g/mol. The van der Waals surface area contributed by atoms with E-state index in [-0.39, 0.29) is 6.61 Å². The lowest BCUT2D eigenvalue weighted by molar-refractivity contribution is 0.109. The molecule has 0 bridgehead atoms. The molecule has 2 heteroatoms. The van der Waals surface area contributed by atoms with Gasteiger partial charge in [0.05, 0.1) is 0 Å². The van der Waals surface area contributed by atoms with Crippen LogP contribution in [0, 0.1) is 0 Å². The Labute approximate surface area is 118 Å². The molecule has 20 heavy (non-hydrogen) atoms. The van der Waals surface area contributed by atoms with E-state index in [0.29, 0.717) is 0 Å². The molecule has 0 saturated heterocycles. The van der Waals surface area contributed by atoms with E-state index in [4.69, 9.17) is 4.74 Å². The van der Waals surface area contributed by atoms with Crippen molar-refractivity contribution < 1.29 is 9.84 Å². The summed E-state index contributed by atoms with van der Waals surface area (Å²) >= 11 is 0. The molecule has 3 aromatic rings. The Morgan fingerprint density at radius 3 is 2.35 bits per heavy atom. The maximum absolute atomic E-state index is 10.4. The Morgan fingerprint density at radius 1 is 0.800 bits per heavy atom. The molecule has 0 aliphatic carbocycles. The molecule has 0 heterocycles. The smallest absolute Gasteiger partial charge is 0.119 e. The van der Waals surface area contributed by atoms with Gasteiger partial charge in [0.15, 0.2) is 0 Å². The summed E-state index contributed by atoms with van der Waals surface area (Å²) in [5.74, 6) is 0.770. The molecular formula is C18H16O2. The highest BCUT2D eigenvalue weighted by atomic mass is 16.5. The molecule has 0 saturated carbocycles. The van der Waals surface area contributed by atoms with Crippen molar-refractivity contribution in [1.29, 1.82) is 0 Å². The highest BCUT2D eigenvalue weighted by Gasteiger charge is 2.11. The lowest BCUT2D eigenvalue weighted by Crippen LogP contribution is -2.10. The second kappa shape index (κ2) is 5.76. The molecule has 3 rings (SSSR count). The van der Waals surface area contributed by atoms with Crippen LogP contribution in [0.15, 0.2) is 72.8 Å². The van der Waals surface area contributed by atoms with Gasteiger partial charge in [-0.3, -0.25) is 0 Å². The first-order chi connectivity index (χ1) is 9.84. The van der Waals surface area contributed by atoms with Gasteiger partial charge in [-0.15, -0.1) is 0 Å². The number of hydrogen-bond acceptors (Lipinski definition) is 2. The van der Waals surface area contributed by atoms with Gasteiger partial charge < -0.3 is 9.84 Å². The third-order valence-corrected chi connectivity index (χ3v) is 3.33. The van der Waals surface area contributed by atoms with Crippen molar-refractivity contribution in [3.63, 3.8) is 0 Å². The fourth-order valence-corrected chi connectivity index (χ4v) is 2.32. The molecule has 0 aromatic heterocycles. The van der Waals surface area contributed by atoms with Gasteiger partial charge in [0, 0.05) is 0 Å². The fraction of sp³-hybridized carbons (Fsp3) is 0.111. The van der Waals surface area contributed by atoms with Gasteiger partial charge in [0.25, 0.3) is 0 Å². The summed E-state index contributed by atoms with van der Waals surface area (Å²) in [6.07, 6.45) is -0.638. The average Bonchev–Trinajstić information content (AvgIpc) is 2.53. The molecule has 0 aliphatic rings. The van der Waals surface area contributed by atoms with Crippen molar-refractivity contribution in [2.24, 2.45) is 0 Å². The Hall–Kier alpha value is -2.32. The van der Waals surface area contributed by atoms with Crippen molar-refractivity contribution in [2.75, 3.05) is 6.61 Å². The summed E-state index contributed by atoms with van der Waals surface area (Å²) in [4.78, 5) is 0. The molecule has 0 spiro atoms. The Kier molecular flexibility index (Phi) is 3.66. The predicted octanol–water partition coefficient (Wildman–Crippen LogP) is 3.95. The van der Waals surface area contributed by atoms with E-state index in [0.717, 1.165) is 22.1 Å². The standard InChI is InChI=1S/C18H16O2/c19-18(13-20-15-9-2-1-3-10-15)17-12-6-8-14-7-4-5-11-16(14)17/h1-12,18-19H,13H2.